The van der Waals surface area contributed by atoms with Gasteiger partial charge >= 0.3 is 5.97 Å². The van der Waals surface area contributed by atoms with Crippen LogP contribution in [0.1, 0.15) is 6.92 Å². The average molecular weight is 196 g/mol. The molecule has 1 amide bonds. The lowest BCUT2D eigenvalue weighted by molar-refractivity contribution is -0.132. The molecule has 0 aliphatic carbocycles. The van der Waals surface area contributed by atoms with Crippen molar-refractivity contribution >= 4 is 17.6 Å². The van der Waals surface area contributed by atoms with Crippen molar-refractivity contribution in [3.63, 3.8) is 0 Å². The molecule has 0 spiro atoms. The minimum absolute atomic E-state index is 0.0861. The van der Waals surface area contributed by atoms with Crippen LogP contribution in [0.15, 0.2) is 29.4 Å². The molecule has 5 heteroatoms. The van der Waals surface area contributed by atoms with Crippen molar-refractivity contribution in [1.29, 1.82) is 0 Å². The molecule has 0 radical (unpaired) electrons. The van der Waals surface area contributed by atoms with Crippen LogP contribution in [0.5, 0.6) is 0 Å². The maximum Gasteiger partial charge on any atom is 0.354 e. The van der Waals surface area contributed by atoms with E-state index >= 15 is 0 Å². The molecular weight excluding hydrogens is 184 g/mol. The number of allylic oxidation sites excluding steroid dienone is 2. The monoisotopic (exact) mass is 196 g/mol. The van der Waals surface area contributed by atoms with Crippen LogP contribution in [-0.4, -0.2) is 29.7 Å². The highest BCUT2D eigenvalue weighted by atomic mass is 16.4. The predicted molar refractivity (Wildman–Crippen MR) is 53.1 cm³/mol. The van der Waals surface area contributed by atoms with Gasteiger partial charge in [-0.1, -0.05) is 12.7 Å². The van der Waals surface area contributed by atoms with Gasteiger partial charge in [0.1, 0.15) is 11.4 Å². The minimum Gasteiger partial charge on any atom is -0.477 e. The van der Waals surface area contributed by atoms with E-state index in [4.69, 9.17) is 5.11 Å². The van der Waals surface area contributed by atoms with Gasteiger partial charge in [-0.25, -0.2) is 9.79 Å². The molecule has 0 aromatic heterocycles. The molecule has 0 bridgehead atoms. The topological polar surface area (TPSA) is 78.8 Å². The van der Waals surface area contributed by atoms with E-state index in [2.05, 4.69) is 16.9 Å². The minimum atomic E-state index is -1.20. The van der Waals surface area contributed by atoms with Crippen LogP contribution in [0, 0.1) is 0 Å². The summed E-state index contributed by atoms with van der Waals surface area (Å²) in [6.07, 6.45) is 2.51. The molecule has 0 aromatic rings. The third-order valence-electron chi connectivity index (χ3n) is 1.34. The number of carboxylic acid groups (broad SMARTS) is 1. The fourth-order valence-corrected chi connectivity index (χ4v) is 0.680. The van der Waals surface area contributed by atoms with Crippen LogP contribution in [0.25, 0.3) is 0 Å². The first-order chi connectivity index (χ1) is 6.52. The number of hydrogen-bond acceptors (Lipinski definition) is 3. The first kappa shape index (κ1) is 12.1. The van der Waals surface area contributed by atoms with Crippen LogP contribution in [-0.2, 0) is 9.59 Å². The van der Waals surface area contributed by atoms with Gasteiger partial charge in [-0.2, -0.15) is 0 Å². The molecule has 0 rings (SSSR count). The number of rotatable bonds is 4. The Kier molecular flexibility index (Phi) is 4.91. The molecule has 0 fully saturated rings. The normalized spacial score (nSPS) is 12.1. The van der Waals surface area contributed by atoms with E-state index in [1.807, 2.05) is 0 Å². The van der Waals surface area contributed by atoms with Gasteiger partial charge in [0.15, 0.2) is 0 Å². The molecule has 2 N–H and O–H groups in total. The van der Waals surface area contributed by atoms with E-state index in [9.17, 15) is 9.59 Å². The highest BCUT2D eigenvalue weighted by molar-refractivity contribution is 6.38. The highest BCUT2D eigenvalue weighted by Gasteiger charge is 2.08. The second-order valence-corrected chi connectivity index (χ2v) is 2.37. The average Bonchev–Trinajstić information content (AvgIpc) is 2.15. The van der Waals surface area contributed by atoms with Gasteiger partial charge in [-0.3, -0.25) is 4.79 Å². The third-order valence-corrected chi connectivity index (χ3v) is 1.34. The Morgan fingerprint density at radius 3 is 2.43 bits per heavy atom. The molecule has 76 valence electrons. The van der Waals surface area contributed by atoms with Crippen LogP contribution in [0.2, 0.25) is 0 Å². The number of carboxylic acids is 1. The van der Waals surface area contributed by atoms with Crippen molar-refractivity contribution in [2.24, 2.45) is 4.99 Å². The maximum absolute atomic E-state index is 11.0. The zero-order chi connectivity index (χ0) is 11.1. The molecule has 0 heterocycles. The summed E-state index contributed by atoms with van der Waals surface area (Å²) >= 11 is 0. The largest absolute Gasteiger partial charge is 0.477 e. The first-order valence-electron chi connectivity index (χ1n) is 3.86. The summed E-state index contributed by atoms with van der Waals surface area (Å²) in [5.41, 5.74) is -0.135. The Hall–Kier alpha value is -1.91. The molecule has 0 saturated carbocycles. The number of aliphatic imine (C=N–C) groups is 1. The lowest BCUT2D eigenvalue weighted by Crippen LogP contribution is -2.25. The summed E-state index contributed by atoms with van der Waals surface area (Å²) in [7, 11) is 1.44. The van der Waals surface area contributed by atoms with Crippen LogP contribution in [0.4, 0.5) is 0 Å². The number of nitrogens with one attached hydrogen (secondary N) is 1. The number of aliphatic carboxylic acids is 1. The summed E-state index contributed by atoms with van der Waals surface area (Å²) < 4.78 is 0. The molecule has 0 atom stereocenters. The van der Waals surface area contributed by atoms with Crippen molar-refractivity contribution in [3.8, 4) is 0 Å². The molecule has 5 nitrogen and oxygen atoms in total. The van der Waals surface area contributed by atoms with Gasteiger partial charge in [0.05, 0.1) is 0 Å². The van der Waals surface area contributed by atoms with Gasteiger partial charge in [-0.05, 0) is 13.0 Å². The standard InChI is InChI=1S/C9H12N2O3/c1-4-5-7(9(13)14)11-6(2)8(12)10-3/h4-5H,1H2,2-3H3,(H,10,12)(H,13,14)/b7-5-,11-6?. The number of carbonyl (C=O) groups excluding carboxylic acids is 1. The Morgan fingerprint density at radius 1 is 1.50 bits per heavy atom. The summed E-state index contributed by atoms with van der Waals surface area (Å²) in [6.45, 7) is 4.77. The quantitative estimate of drug-likeness (QED) is 0.387. The molecule has 0 aromatic carbocycles. The maximum atomic E-state index is 11.0. The first-order valence-corrected chi connectivity index (χ1v) is 3.86. The van der Waals surface area contributed by atoms with Crippen molar-refractivity contribution in [2.45, 2.75) is 6.92 Å². The predicted octanol–water partition coefficient (Wildman–Crippen LogP) is 0.348. The lowest BCUT2D eigenvalue weighted by atomic mass is 10.3. The van der Waals surface area contributed by atoms with Gasteiger partial charge in [0.2, 0.25) is 0 Å². The van der Waals surface area contributed by atoms with Crippen LogP contribution < -0.4 is 5.32 Å². The lowest BCUT2D eigenvalue weighted by Gasteiger charge is -1.98. The molecule has 0 unspecified atom stereocenters. The Bertz CT molecular complexity index is 316. The third kappa shape index (κ3) is 3.66. The number of nitrogens with zero attached hydrogens (tertiary/aromatic N) is 1. The van der Waals surface area contributed by atoms with Crippen molar-refractivity contribution < 1.29 is 14.7 Å². The zero-order valence-corrected chi connectivity index (χ0v) is 8.07. The van der Waals surface area contributed by atoms with Gasteiger partial charge < -0.3 is 10.4 Å². The van der Waals surface area contributed by atoms with Gasteiger partial charge in [0, 0.05) is 7.05 Å². The van der Waals surface area contributed by atoms with Crippen molar-refractivity contribution in [3.05, 3.63) is 24.4 Å². The van der Waals surface area contributed by atoms with Crippen LogP contribution in [0.3, 0.4) is 0 Å². The second kappa shape index (κ2) is 5.69. The fourth-order valence-electron chi connectivity index (χ4n) is 0.680. The van der Waals surface area contributed by atoms with Crippen LogP contribution >= 0.6 is 0 Å². The smallest absolute Gasteiger partial charge is 0.354 e. The molecule has 0 aliphatic rings. The summed E-state index contributed by atoms with van der Waals surface area (Å²) in [5, 5.41) is 11.0. The van der Waals surface area contributed by atoms with E-state index in [-0.39, 0.29) is 11.4 Å². The van der Waals surface area contributed by atoms with Gasteiger partial charge in [-0.15, -0.1) is 0 Å². The van der Waals surface area contributed by atoms with E-state index < -0.39 is 11.9 Å². The van der Waals surface area contributed by atoms with E-state index in [1.165, 1.54) is 26.1 Å². The summed E-state index contributed by atoms with van der Waals surface area (Å²) in [5.74, 6) is -1.62. The Labute approximate surface area is 81.8 Å². The summed E-state index contributed by atoms with van der Waals surface area (Å²) in [6, 6.07) is 0. The van der Waals surface area contributed by atoms with E-state index in [0.29, 0.717) is 0 Å². The second-order valence-electron chi connectivity index (χ2n) is 2.37. The summed E-state index contributed by atoms with van der Waals surface area (Å²) in [4.78, 5) is 25.2. The molecule has 0 aliphatic heterocycles. The molecule has 14 heavy (non-hydrogen) atoms. The number of hydrogen-bond donors (Lipinski definition) is 2. The van der Waals surface area contributed by atoms with E-state index in [1.54, 1.807) is 0 Å². The molecular formula is C9H12N2O3. The SMILES string of the molecule is C=C/C=C(\N=C(C)C(=O)NC)C(=O)O. The number of amides is 1. The van der Waals surface area contributed by atoms with Crippen molar-refractivity contribution in [2.75, 3.05) is 7.05 Å². The molecule has 0 saturated heterocycles. The highest BCUT2D eigenvalue weighted by Crippen LogP contribution is 1.98. The van der Waals surface area contributed by atoms with E-state index in [0.717, 1.165) is 0 Å². The van der Waals surface area contributed by atoms with Gasteiger partial charge in [0.25, 0.3) is 5.91 Å². The zero-order valence-electron chi connectivity index (χ0n) is 8.07. The fraction of sp³-hybridized carbons (Fsp3) is 0.222. The Morgan fingerprint density at radius 2 is 2.07 bits per heavy atom. The van der Waals surface area contributed by atoms with Crippen molar-refractivity contribution in [1.82, 2.24) is 5.32 Å². The number of carbonyl (C=O) groups is 2. The Balaban J connectivity index is 4.91.